The van der Waals surface area contributed by atoms with E-state index in [9.17, 15) is 0 Å². The number of anilines is 1. The number of aromatic nitrogens is 1. The summed E-state index contributed by atoms with van der Waals surface area (Å²) >= 11 is 0. The maximum atomic E-state index is 5.98. The zero-order valence-corrected chi connectivity index (χ0v) is 13.9. The molecule has 0 saturated carbocycles. The van der Waals surface area contributed by atoms with E-state index < -0.39 is 6.29 Å². The lowest BCUT2D eigenvalue weighted by Gasteiger charge is -2.25. The molecule has 1 aromatic heterocycles. The number of fused-ring (bicyclic) bond motifs is 1. The number of hydrogen-bond acceptors (Lipinski definition) is 6. The van der Waals surface area contributed by atoms with Gasteiger partial charge in [0.15, 0.2) is 6.29 Å². The van der Waals surface area contributed by atoms with Crippen LogP contribution < -0.4 is 21.7 Å². The van der Waals surface area contributed by atoms with E-state index in [1.54, 1.807) is 0 Å². The van der Waals surface area contributed by atoms with Crippen molar-refractivity contribution < 1.29 is 0 Å². The minimum atomic E-state index is -0.416. The van der Waals surface area contributed by atoms with Crippen LogP contribution in [0.5, 0.6) is 0 Å². The van der Waals surface area contributed by atoms with E-state index in [0.29, 0.717) is 6.42 Å². The highest BCUT2D eigenvalue weighted by molar-refractivity contribution is 5.98. The van der Waals surface area contributed by atoms with Crippen molar-refractivity contribution in [2.45, 2.75) is 32.2 Å². The van der Waals surface area contributed by atoms with Crippen LogP contribution in [0.3, 0.4) is 0 Å². The average molecular weight is 312 g/mol. The Bertz CT molecular complexity index is 752. The third kappa shape index (κ3) is 3.19. The van der Waals surface area contributed by atoms with Crippen LogP contribution in [0.4, 0.5) is 5.69 Å². The summed E-state index contributed by atoms with van der Waals surface area (Å²) in [6, 6.07) is 6.31. The topological polar surface area (TPSA) is 92.6 Å². The van der Waals surface area contributed by atoms with Crippen molar-refractivity contribution in [2.24, 2.45) is 16.5 Å². The van der Waals surface area contributed by atoms with Crippen LogP contribution in [0, 0.1) is 6.92 Å². The van der Waals surface area contributed by atoms with Gasteiger partial charge in [0.25, 0.3) is 0 Å². The number of hydrogen-bond donors (Lipinski definition) is 3. The van der Waals surface area contributed by atoms with Crippen molar-refractivity contribution in [3.05, 3.63) is 35.5 Å². The number of nitrogens with two attached hydrogens (primary N) is 2. The summed E-state index contributed by atoms with van der Waals surface area (Å²) in [7, 11) is 4.09. The van der Waals surface area contributed by atoms with E-state index >= 15 is 0 Å². The Labute approximate surface area is 136 Å². The molecule has 5 N–H and O–H groups in total. The maximum absolute atomic E-state index is 5.98. The standard InChI is InChI=1S/C17H24N6/c1-10-7-11(8-12-9-14(18)22-17(19)21-12)13-5-4-6-20-15(13)16(10)23(2)3/h4-7,14,17,22H,8-9,18-19H2,1-3H3. The van der Waals surface area contributed by atoms with Crippen molar-refractivity contribution in [1.82, 2.24) is 10.3 Å². The molecule has 0 aliphatic carbocycles. The van der Waals surface area contributed by atoms with E-state index in [4.69, 9.17) is 11.5 Å². The molecule has 0 fully saturated rings. The molecule has 122 valence electrons. The van der Waals surface area contributed by atoms with Gasteiger partial charge in [-0.05, 0) is 24.1 Å². The van der Waals surface area contributed by atoms with Crippen LogP contribution in [0.15, 0.2) is 29.4 Å². The Morgan fingerprint density at radius 2 is 2.13 bits per heavy atom. The molecule has 0 amide bonds. The summed E-state index contributed by atoms with van der Waals surface area (Å²) in [5.74, 6) is 0. The Hall–Kier alpha value is -2.02. The van der Waals surface area contributed by atoms with Crippen LogP contribution in [0.2, 0.25) is 0 Å². The highest BCUT2D eigenvalue weighted by Gasteiger charge is 2.19. The molecule has 0 radical (unpaired) electrons. The van der Waals surface area contributed by atoms with Crippen molar-refractivity contribution in [3.63, 3.8) is 0 Å². The number of benzene rings is 1. The lowest BCUT2D eigenvalue weighted by molar-refractivity contribution is 0.435. The monoisotopic (exact) mass is 312 g/mol. The molecule has 6 nitrogen and oxygen atoms in total. The Kier molecular flexibility index (Phi) is 4.30. The Balaban J connectivity index is 2.07. The van der Waals surface area contributed by atoms with Crippen LogP contribution in [-0.4, -0.2) is 37.2 Å². The molecule has 23 heavy (non-hydrogen) atoms. The minimum absolute atomic E-state index is 0.135. The van der Waals surface area contributed by atoms with Gasteiger partial charge in [0.1, 0.15) is 0 Å². The molecular weight excluding hydrogens is 288 g/mol. The number of nitrogens with zero attached hydrogens (tertiary/aromatic N) is 3. The molecule has 6 heteroatoms. The zero-order chi connectivity index (χ0) is 16.6. The summed E-state index contributed by atoms with van der Waals surface area (Å²) < 4.78 is 0. The lowest BCUT2D eigenvalue weighted by Crippen LogP contribution is -2.52. The molecule has 2 aromatic rings. The average Bonchev–Trinajstić information content (AvgIpc) is 2.45. The van der Waals surface area contributed by atoms with Crippen molar-refractivity contribution >= 4 is 22.3 Å². The number of rotatable bonds is 3. The molecule has 0 saturated heterocycles. The van der Waals surface area contributed by atoms with Gasteiger partial charge < -0.3 is 10.6 Å². The fraction of sp³-hybridized carbons (Fsp3) is 0.412. The van der Waals surface area contributed by atoms with Gasteiger partial charge in [-0.3, -0.25) is 21.0 Å². The molecule has 1 aromatic carbocycles. The van der Waals surface area contributed by atoms with Gasteiger partial charge in [-0.1, -0.05) is 12.1 Å². The minimum Gasteiger partial charge on any atom is -0.376 e. The summed E-state index contributed by atoms with van der Waals surface area (Å²) in [5, 5.41) is 4.17. The summed E-state index contributed by atoms with van der Waals surface area (Å²) in [4.78, 5) is 11.2. The zero-order valence-electron chi connectivity index (χ0n) is 13.9. The summed E-state index contributed by atoms with van der Waals surface area (Å²) in [6.07, 6.45) is 2.75. The molecule has 3 rings (SSSR count). The van der Waals surface area contributed by atoms with Crippen LogP contribution in [-0.2, 0) is 6.42 Å². The second-order valence-corrected chi connectivity index (χ2v) is 6.29. The van der Waals surface area contributed by atoms with Gasteiger partial charge in [-0.25, -0.2) is 0 Å². The highest BCUT2D eigenvalue weighted by Crippen LogP contribution is 2.31. The molecule has 1 aliphatic rings. The number of nitrogens with one attached hydrogen (secondary N) is 1. The van der Waals surface area contributed by atoms with Gasteiger partial charge in [0.05, 0.1) is 17.4 Å². The van der Waals surface area contributed by atoms with E-state index in [2.05, 4.69) is 39.2 Å². The highest BCUT2D eigenvalue weighted by atomic mass is 15.2. The number of aryl methyl sites for hydroxylation is 1. The second-order valence-electron chi connectivity index (χ2n) is 6.29. The first-order valence-corrected chi connectivity index (χ1v) is 7.83. The van der Waals surface area contributed by atoms with E-state index in [0.717, 1.165) is 28.7 Å². The third-order valence-corrected chi connectivity index (χ3v) is 4.15. The second kappa shape index (κ2) is 6.23. The third-order valence-electron chi connectivity index (χ3n) is 4.15. The summed E-state index contributed by atoms with van der Waals surface area (Å²) in [5.41, 5.74) is 17.5. The molecule has 0 bridgehead atoms. The SMILES string of the molecule is Cc1cc(CC2=NC(N)NC(N)C2)c2cccnc2c1N(C)C. The number of aliphatic imine (C=N–C) groups is 1. The predicted octanol–water partition coefficient (Wildman–Crippen LogP) is 1.11. The van der Waals surface area contributed by atoms with Gasteiger partial charge in [-0.2, -0.15) is 0 Å². The van der Waals surface area contributed by atoms with Crippen molar-refractivity contribution in [2.75, 3.05) is 19.0 Å². The van der Waals surface area contributed by atoms with E-state index in [1.807, 2.05) is 26.4 Å². The van der Waals surface area contributed by atoms with Crippen molar-refractivity contribution in [1.29, 1.82) is 0 Å². The van der Waals surface area contributed by atoms with Gasteiger partial charge in [0, 0.05) is 44.2 Å². The lowest BCUT2D eigenvalue weighted by atomic mass is 9.96. The first-order chi connectivity index (χ1) is 11.0. The van der Waals surface area contributed by atoms with Crippen LogP contribution in [0.1, 0.15) is 17.5 Å². The van der Waals surface area contributed by atoms with Gasteiger partial charge in [-0.15, -0.1) is 0 Å². The van der Waals surface area contributed by atoms with Crippen LogP contribution >= 0.6 is 0 Å². The summed E-state index contributed by atoms with van der Waals surface area (Å²) in [6.45, 7) is 2.12. The van der Waals surface area contributed by atoms with Crippen LogP contribution in [0.25, 0.3) is 10.9 Å². The van der Waals surface area contributed by atoms with E-state index in [1.165, 1.54) is 11.1 Å². The first kappa shape index (κ1) is 15.9. The molecule has 2 heterocycles. The molecule has 2 atom stereocenters. The normalized spacial score (nSPS) is 21.3. The van der Waals surface area contributed by atoms with Gasteiger partial charge >= 0.3 is 0 Å². The molecule has 1 aliphatic heterocycles. The molecule has 0 spiro atoms. The maximum Gasteiger partial charge on any atom is 0.152 e. The Morgan fingerprint density at radius 1 is 1.35 bits per heavy atom. The largest absolute Gasteiger partial charge is 0.376 e. The predicted molar refractivity (Wildman–Crippen MR) is 95.6 cm³/mol. The molecular formula is C17H24N6. The van der Waals surface area contributed by atoms with Crippen molar-refractivity contribution in [3.8, 4) is 0 Å². The molecule has 2 unspecified atom stereocenters. The first-order valence-electron chi connectivity index (χ1n) is 7.83. The fourth-order valence-electron chi connectivity index (χ4n) is 3.31. The smallest absolute Gasteiger partial charge is 0.152 e. The quantitative estimate of drug-likeness (QED) is 0.789. The van der Waals surface area contributed by atoms with Gasteiger partial charge in [0.2, 0.25) is 0 Å². The Morgan fingerprint density at radius 3 is 2.83 bits per heavy atom. The van der Waals surface area contributed by atoms with E-state index in [-0.39, 0.29) is 6.17 Å². The number of pyridine rings is 1. The fourth-order valence-corrected chi connectivity index (χ4v) is 3.31.